The summed E-state index contributed by atoms with van der Waals surface area (Å²) in [6, 6.07) is 4.59. The highest BCUT2D eigenvalue weighted by molar-refractivity contribution is 7.89. The number of nitrogens with zero attached hydrogens (tertiary/aromatic N) is 3. The number of benzene rings is 1. The van der Waals surface area contributed by atoms with E-state index in [-0.39, 0.29) is 29.6 Å². The number of ether oxygens (including phenoxy) is 2. The van der Waals surface area contributed by atoms with E-state index in [4.69, 9.17) is 9.47 Å². The van der Waals surface area contributed by atoms with Gasteiger partial charge in [-0.3, -0.25) is 4.79 Å². The first-order chi connectivity index (χ1) is 13.5. The van der Waals surface area contributed by atoms with Crippen LogP contribution in [0.25, 0.3) is 0 Å². The van der Waals surface area contributed by atoms with Gasteiger partial charge in [-0.15, -0.1) is 5.10 Å². The Bertz CT molecular complexity index is 939. The molecule has 0 aliphatic carbocycles. The van der Waals surface area contributed by atoms with Gasteiger partial charge in [-0.2, -0.15) is 4.31 Å². The Balaban J connectivity index is 1.92. The normalized spacial score (nSPS) is 15.4. The molecule has 9 nitrogen and oxygen atoms in total. The molecule has 11 heteroatoms. The molecule has 0 spiro atoms. The summed E-state index contributed by atoms with van der Waals surface area (Å²) in [5.41, 5.74) is 0.963. The Morgan fingerprint density at radius 3 is 2.75 bits per heavy atom. The van der Waals surface area contributed by atoms with E-state index in [0.29, 0.717) is 42.5 Å². The van der Waals surface area contributed by atoms with Gasteiger partial charge in [0.2, 0.25) is 10.0 Å². The highest BCUT2D eigenvalue weighted by Crippen LogP contribution is 2.31. The van der Waals surface area contributed by atoms with Crippen molar-refractivity contribution in [2.45, 2.75) is 25.2 Å². The lowest BCUT2D eigenvalue weighted by atomic mass is 10.2. The number of sulfonamides is 1. The molecule has 0 unspecified atom stereocenters. The molecule has 1 fully saturated rings. The smallest absolute Gasteiger partial charge is 0.269 e. The fraction of sp³-hybridized carbons (Fsp3) is 0.471. The van der Waals surface area contributed by atoms with Gasteiger partial charge >= 0.3 is 0 Å². The summed E-state index contributed by atoms with van der Waals surface area (Å²) in [5, 5.41) is 6.66. The van der Waals surface area contributed by atoms with Gasteiger partial charge in [-0.1, -0.05) is 11.4 Å². The van der Waals surface area contributed by atoms with Gasteiger partial charge in [0.15, 0.2) is 0 Å². The number of rotatable bonds is 7. The summed E-state index contributed by atoms with van der Waals surface area (Å²) in [7, 11) is -3.78. The van der Waals surface area contributed by atoms with Gasteiger partial charge < -0.3 is 14.8 Å². The SMILES string of the molecule is CCOc1ccc(NC(=O)c2snnc2CC)cc1S(=O)(=O)N1CCOCC1. The van der Waals surface area contributed by atoms with Crippen LogP contribution < -0.4 is 10.1 Å². The quantitative estimate of drug-likeness (QED) is 0.718. The van der Waals surface area contributed by atoms with E-state index in [2.05, 4.69) is 14.9 Å². The van der Waals surface area contributed by atoms with Crippen LogP contribution in [-0.2, 0) is 21.2 Å². The van der Waals surface area contributed by atoms with Crippen molar-refractivity contribution in [1.82, 2.24) is 13.9 Å². The van der Waals surface area contributed by atoms with E-state index < -0.39 is 10.0 Å². The van der Waals surface area contributed by atoms with Gasteiger partial charge in [0.1, 0.15) is 15.5 Å². The predicted octanol–water partition coefficient (Wildman–Crippen LogP) is 1.77. The zero-order valence-corrected chi connectivity index (χ0v) is 17.3. The second-order valence-electron chi connectivity index (χ2n) is 5.97. The minimum absolute atomic E-state index is 0.0206. The van der Waals surface area contributed by atoms with Crippen LogP contribution in [0, 0.1) is 0 Å². The summed E-state index contributed by atoms with van der Waals surface area (Å²) >= 11 is 1.01. The zero-order valence-electron chi connectivity index (χ0n) is 15.7. The summed E-state index contributed by atoms with van der Waals surface area (Å²) < 4.78 is 42.1. The molecule has 1 amide bonds. The van der Waals surface area contributed by atoms with Gasteiger partial charge in [0.05, 0.1) is 25.5 Å². The number of nitrogens with one attached hydrogen (secondary N) is 1. The summed E-state index contributed by atoms with van der Waals surface area (Å²) in [6.07, 6.45) is 0.583. The number of hydrogen-bond acceptors (Lipinski definition) is 8. The Morgan fingerprint density at radius 2 is 2.07 bits per heavy atom. The second kappa shape index (κ2) is 8.95. The van der Waals surface area contributed by atoms with Crippen molar-refractivity contribution in [2.24, 2.45) is 0 Å². The zero-order chi connectivity index (χ0) is 20.1. The van der Waals surface area contributed by atoms with Crippen LogP contribution in [0.5, 0.6) is 5.75 Å². The molecule has 3 rings (SSSR count). The van der Waals surface area contributed by atoms with E-state index in [1.807, 2.05) is 6.92 Å². The molecule has 1 saturated heterocycles. The van der Waals surface area contributed by atoms with Crippen molar-refractivity contribution in [3.8, 4) is 5.75 Å². The third-order valence-corrected chi connectivity index (χ3v) is 6.87. The van der Waals surface area contributed by atoms with Gasteiger partial charge in [0.25, 0.3) is 5.91 Å². The summed E-state index contributed by atoms with van der Waals surface area (Å²) in [4.78, 5) is 13.0. The Kier molecular flexibility index (Phi) is 6.60. The molecule has 1 aromatic carbocycles. The number of carbonyl (C=O) groups is 1. The number of hydrogen-bond donors (Lipinski definition) is 1. The lowest BCUT2D eigenvalue weighted by molar-refractivity contribution is 0.0729. The molecule has 28 heavy (non-hydrogen) atoms. The molecule has 0 bridgehead atoms. The highest BCUT2D eigenvalue weighted by atomic mass is 32.2. The van der Waals surface area contributed by atoms with Crippen LogP contribution in [-0.4, -0.2) is 61.1 Å². The fourth-order valence-electron chi connectivity index (χ4n) is 2.79. The molecular weight excluding hydrogens is 404 g/mol. The Morgan fingerprint density at radius 1 is 1.32 bits per heavy atom. The van der Waals surface area contributed by atoms with E-state index in [1.54, 1.807) is 19.1 Å². The minimum atomic E-state index is -3.78. The molecule has 0 atom stereocenters. The number of aromatic nitrogens is 2. The topological polar surface area (TPSA) is 111 Å². The minimum Gasteiger partial charge on any atom is -0.492 e. The average Bonchev–Trinajstić information content (AvgIpc) is 3.19. The predicted molar refractivity (Wildman–Crippen MR) is 104 cm³/mol. The first-order valence-corrected chi connectivity index (χ1v) is 11.2. The van der Waals surface area contributed by atoms with E-state index in [0.717, 1.165) is 11.5 Å². The molecule has 152 valence electrons. The maximum atomic E-state index is 13.1. The summed E-state index contributed by atoms with van der Waals surface area (Å²) in [5.74, 6) is -0.119. The monoisotopic (exact) mass is 426 g/mol. The average molecular weight is 427 g/mol. The van der Waals surface area contributed by atoms with Crippen molar-refractivity contribution < 1.29 is 22.7 Å². The maximum Gasteiger partial charge on any atom is 0.269 e. The lowest BCUT2D eigenvalue weighted by Gasteiger charge is -2.27. The number of carbonyl (C=O) groups excluding carboxylic acids is 1. The molecule has 1 aliphatic heterocycles. The Hall–Kier alpha value is -2.08. The number of aryl methyl sites for hydroxylation is 1. The van der Waals surface area contributed by atoms with Crippen molar-refractivity contribution in [3.05, 3.63) is 28.8 Å². The van der Waals surface area contributed by atoms with Crippen LogP contribution in [0.1, 0.15) is 29.2 Å². The fourth-order valence-corrected chi connectivity index (χ4v) is 5.00. The molecule has 2 aromatic rings. The largest absolute Gasteiger partial charge is 0.492 e. The third kappa shape index (κ3) is 4.32. The van der Waals surface area contributed by atoms with E-state index in [1.165, 1.54) is 10.4 Å². The van der Waals surface area contributed by atoms with Crippen LogP contribution >= 0.6 is 11.5 Å². The van der Waals surface area contributed by atoms with Crippen molar-refractivity contribution in [2.75, 3.05) is 38.2 Å². The van der Waals surface area contributed by atoms with Crippen LogP contribution in [0.2, 0.25) is 0 Å². The number of morpholine rings is 1. The molecule has 1 N–H and O–H groups in total. The van der Waals surface area contributed by atoms with E-state index >= 15 is 0 Å². The van der Waals surface area contributed by atoms with Gasteiger partial charge in [-0.05, 0) is 43.1 Å². The number of amides is 1. The Labute approximate surface area is 167 Å². The molecule has 2 heterocycles. The third-order valence-electron chi connectivity index (χ3n) is 4.19. The molecule has 1 aliphatic rings. The van der Waals surface area contributed by atoms with Crippen LogP contribution in [0.3, 0.4) is 0 Å². The van der Waals surface area contributed by atoms with E-state index in [9.17, 15) is 13.2 Å². The second-order valence-corrected chi connectivity index (χ2v) is 8.63. The molecule has 0 saturated carbocycles. The highest BCUT2D eigenvalue weighted by Gasteiger charge is 2.30. The first-order valence-electron chi connectivity index (χ1n) is 8.94. The van der Waals surface area contributed by atoms with Crippen LogP contribution in [0.4, 0.5) is 5.69 Å². The lowest BCUT2D eigenvalue weighted by Crippen LogP contribution is -2.40. The maximum absolute atomic E-state index is 13.1. The first kappa shape index (κ1) is 20.6. The van der Waals surface area contributed by atoms with Crippen molar-refractivity contribution in [1.29, 1.82) is 0 Å². The molecule has 0 radical (unpaired) electrons. The molecular formula is C17H22N4O5S2. The van der Waals surface area contributed by atoms with Crippen LogP contribution in [0.15, 0.2) is 23.1 Å². The number of anilines is 1. The standard InChI is InChI=1S/C17H22N4O5S2/c1-3-13-16(27-20-19-13)17(22)18-12-5-6-14(26-4-2)15(11-12)28(23,24)21-7-9-25-10-8-21/h5-6,11H,3-4,7-10H2,1-2H3,(H,18,22). The van der Waals surface area contributed by atoms with Crippen molar-refractivity contribution in [3.63, 3.8) is 0 Å². The molecule has 1 aromatic heterocycles. The summed E-state index contributed by atoms with van der Waals surface area (Å²) in [6.45, 7) is 5.23. The van der Waals surface area contributed by atoms with Gasteiger partial charge in [-0.25, -0.2) is 8.42 Å². The van der Waals surface area contributed by atoms with Crippen molar-refractivity contribution >= 4 is 33.2 Å². The van der Waals surface area contributed by atoms with Gasteiger partial charge in [0, 0.05) is 18.8 Å².